The fourth-order valence-corrected chi connectivity index (χ4v) is 5.22. The van der Waals surface area contributed by atoms with Crippen LogP contribution >= 0.6 is 11.3 Å². The van der Waals surface area contributed by atoms with Crippen molar-refractivity contribution in [1.29, 1.82) is 0 Å². The number of amides is 1. The number of pyridine rings is 2. The van der Waals surface area contributed by atoms with Crippen LogP contribution in [0, 0.1) is 0 Å². The molecule has 0 aromatic carbocycles. The lowest BCUT2D eigenvalue weighted by Crippen LogP contribution is -2.14. The number of rotatable bonds is 6. The summed E-state index contributed by atoms with van der Waals surface area (Å²) in [5, 5.41) is 6.86. The molecular formula is C25H29N7O3S. The first-order valence-corrected chi connectivity index (χ1v) is 12.6. The number of nitrogens with one attached hydrogen (secondary N) is 2. The first-order valence-electron chi connectivity index (χ1n) is 11.8. The van der Waals surface area contributed by atoms with Crippen LogP contribution < -0.4 is 15.4 Å². The highest BCUT2D eigenvalue weighted by Crippen LogP contribution is 2.40. The summed E-state index contributed by atoms with van der Waals surface area (Å²) in [6.45, 7) is 9.57. The van der Waals surface area contributed by atoms with Crippen LogP contribution in [0.2, 0.25) is 0 Å². The molecule has 4 aromatic heterocycles. The van der Waals surface area contributed by atoms with Crippen molar-refractivity contribution in [3.8, 4) is 11.5 Å². The van der Waals surface area contributed by atoms with Gasteiger partial charge < -0.3 is 24.7 Å². The zero-order chi connectivity index (χ0) is 25.4. The monoisotopic (exact) mass is 507 g/mol. The van der Waals surface area contributed by atoms with E-state index in [-0.39, 0.29) is 11.3 Å². The van der Waals surface area contributed by atoms with Crippen molar-refractivity contribution in [2.45, 2.75) is 45.4 Å². The Bertz CT molecular complexity index is 1420. The van der Waals surface area contributed by atoms with Gasteiger partial charge in [-0.1, -0.05) is 20.8 Å². The van der Waals surface area contributed by atoms with Crippen molar-refractivity contribution in [3.05, 3.63) is 41.2 Å². The van der Waals surface area contributed by atoms with Gasteiger partial charge >= 0.3 is 0 Å². The summed E-state index contributed by atoms with van der Waals surface area (Å²) in [5.41, 5.74) is 2.51. The molecule has 1 atom stereocenters. The second kappa shape index (κ2) is 9.47. The molecule has 0 bridgehead atoms. The van der Waals surface area contributed by atoms with Crippen LogP contribution in [-0.4, -0.2) is 43.6 Å². The van der Waals surface area contributed by atoms with Gasteiger partial charge in [0.25, 0.3) is 0 Å². The zero-order valence-electron chi connectivity index (χ0n) is 21.0. The van der Waals surface area contributed by atoms with E-state index in [2.05, 4.69) is 46.4 Å². The molecule has 0 unspecified atom stereocenters. The van der Waals surface area contributed by atoms with E-state index in [0.717, 1.165) is 36.0 Å². The Morgan fingerprint density at radius 1 is 1.22 bits per heavy atom. The van der Waals surface area contributed by atoms with Crippen molar-refractivity contribution in [2.24, 2.45) is 7.05 Å². The maximum Gasteiger partial charge on any atom is 0.222 e. The summed E-state index contributed by atoms with van der Waals surface area (Å²) in [5.74, 6) is 2.28. The van der Waals surface area contributed by atoms with Crippen LogP contribution in [0.3, 0.4) is 0 Å². The van der Waals surface area contributed by atoms with E-state index < -0.39 is 0 Å². The molecule has 5 rings (SSSR count). The summed E-state index contributed by atoms with van der Waals surface area (Å²) in [6.07, 6.45) is 4.19. The second-order valence-electron chi connectivity index (χ2n) is 9.84. The molecule has 2 N–H and O–H groups in total. The van der Waals surface area contributed by atoms with Crippen LogP contribution in [-0.2, 0) is 22.0 Å². The number of hydrogen-bond donors (Lipinski definition) is 2. The Balaban J connectivity index is 1.40. The molecule has 1 fully saturated rings. The highest BCUT2D eigenvalue weighted by molar-refractivity contribution is 7.16. The lowest BCUT2D eigenvalue weighted by Gasteiger charge is -2.19. The van der Waals surface area contributed by atoms with E-state index in [1.165, 1.54) is 11.8 Å². The third-order valence-electron chi connectivity index (χ3n) is 5.85. The highest BCUT2D eigenvalue weighted by atomic mass is 32.1. The molecule has 1 amide bonds. The fraction of sp³-hybridized carbons (Fsp3) is 0.400. The molecule has 188 valence electrons. The maximum atomic E-state index is 11.3. The molecule has 4 aromatic rings. The van der Waals surface area contributed by atoms with E-state index in [1.807, 2.05) is 17.7 Å². The number of carbonyl (C=O) groups is 1. The Kier molecular flexibility index (Phi) is 6.35. The molecule has 1 aliphatic heterocycles. The summed E-state index contributed by atoms with van der Waals surface area (Å²) in [4.78, 5) is 30.8. The topological polar surface area (TPSA) is 116 Å². The Hall–Kier alpha value is -3.57. The smallest absolute Gasteiger partial charge is 0.222 e. The molecule has 0 radical (unpaired) electrons. The van der Waals surface area contributed by atoms with Crippen molar-refractivity contribution in [3.63, 3.8) is 0 Å². The molecule has 11 heteroatoms. The normalized spacial score (nSPS) is 15.9. The van der Waals surface area contributed by atoms with Crippen LogP contribution in [0.5, 0.6) is 11.5 Å². The second-order valence-corrected chi connectivity index (χ2v) is 10.8. The van der Waals surface area contributed by atoms with Crippen LogP contribution in [0.25, 0.3) is 11.2 Å². The first-order chi connectivity index (χ1) is 17.2. The first kappa shape index (κ1) is 24.1. The van der Waals surface area contributed by atoms with Gasteiger partial charge in [0.2, 0.25) is 11.9 Å². The molecular weight excluding hydrogens is 478 g/mol. The summed E-state index contributed by atoms with van der Waals surface area (Å²) >= 11 is 1.67. The van der Waals surface area contributed by atoms with Crippen LogP contribution in [0.4, 0.5) is 16.9 Å². The summed E-state index contributed by atoms with van der Waals surface area (Å²) in [6, 6.07) is 5.25. The number of imidazole rings is 1. The quantitative estimate of drug-likeness (QED) is 0.370. The van der Waals surface area contributed by atoms with Gasteiger partial charge in [-0.3, -0.25) is 4.79 Å². The van der Waals surface area contributed by atoms with Gasteiger partial charge in [0.15, 0.2) is 10.8 Å². The van der Waals surface area contributed by atoms with Gasteiger partial charge in [-0.25, -0.2) is 15.0 Å². The molecule has 0 saturated carbocycles. The lowest BCUT2D eigenvalue weighted by molar-refractivity contribution is -0.114. The Morgan fingerprint density at radius 3 is 2.78 bits per heavy atom. The van der Waals surface area contributed by atoms with Gasteiger partial charge in [-0.2, -0.15) is 4.98 Å². The van der Waals surface area contributed by atoms with Crippen molar-refractivity contribution >= 4 is 45.3 Å². The number of ether oxygens (including phenoxy) is 2. The largest absolute Gasteiger partial charge is 0.455 e. The minimum atomic E-state index is -0.198. The standard InChI is InChI=1S/C25H29N7O3S/c1-14(33)28-19-11-16(6-8-26-19)35-17-10-18-22(27-12-17)30-23(32(18)5)31-24-29-20(15-7-9-34-13-15)21(36-24)25(2,3)4/h6,8,10-12,15H,7,9,13H2,1-5H3,(H,26,28,33)(H,27,29,30,31)/t15-/m0/s1. The van der Waals surface area contributed by atoms with Crippen LogP contribution in [0.1, 0.15) is 50.6 Å². The highest BCUT2D eigenvalue weighted by Gasteiger charge is 2.30. The number of hydrogen-bond acceptors (Lipinski definition) is 9. The number of aryl methyl sites for hydroxylation is 1. The number of nitrogens with zero attached hydrogens (tertiary/aromatic N) is 5. The van der Waals surface area contributed by atoms with Gasteiger partial charge in [-0.05, 0) is 17.9 Å². The third-order valence-corrected chi connectivity index (χ3v) is 7.27. The Labute approximate surface area is 213 Å². The van der Waals surface area contributed by atoms with E-state index in [0.29, 0.717) is 34.8 Å². The molecule has 36 heavy (non-hydrogen) atoms. The van der Waals surface area contributed by atoms with Gasteiger partial charge in [0.1, 0.15) is 17.3 Å². The van der Waals surface area contributed by atoms with Crippen molar-refractivity contribution in [2.75, 3.05) is 23.8 Å². The Morgan fingerprint density at radius 2 is 2.06 bits per heavy atom. The van der Waals surface area contributed by atoms with Crippen LogP contribution in [0.15, 0.2) is 30.6 Å². The maximum absolute atomic E-state index is 11.3. The number of aromatic nitrogens is 5. The van der Waals surface area contributed by atoms with Gasteiger partial charge in [0, 0.05) is 49.7 Å². The molecule has 10 nitrogen and oxygen atoms in total. The van der Waals surface area contributed by atoms with Crippen molar-refractivity contribution in [1.82, 2.24) is 24.5 Å². The minimum Gasteiger partial charge on any atom is -0.455 e. The van der Waals surface area contributed by atoms with Crippen molar-refractivity contribution < 1.29 is 14.3 Å². The van der Waals surface area contributed by atoms with E-state index in [9.17, 15) is 4.79 Å². The summed E-state index contributed by atoms with van der Waals surface area (Å²) in [7, 11) is 1.93. The molecule has 0 aliphatic carbocycles. The third kappa shape index (κ3) is 5.02. The lowest BCUT2D eigenvalue weighted by atomic mass is 9.89. The minimum absolute atomic E-state index is 0.0115. The predicted octanol–water partition coefficient (Wildman–Crippen LogP) is 5.12. The SMILES string of the molecule is CC(=O)Nc1cc(Oc2cnc3nc(Nc4nc([C@H]5CCOC5)c(C(C)(C)C)s4)n(C)c3c2)ccn1. The number of fused-ring (bicyclic) bond motifs is 1. The fourth-order valence-electron chi connectivity index (χ4n) is 4.12. The number of thiazole rings is 1. The van der Waals surface area contributed by atoms with Gasteiger partial charge in [0.05, 0.1) is 24.0 Å². The predicted molar refractivity (Wildman–Crippen MR) is 139 cm³/mol. The summed E-state index contributed by atoms with van der Waals surface area (Å²) < 4.78 is 13.5. The average molecular weight is 508 g/mol. The average Bonchev–Trinajstić information content (AvgIpc) is 3.54. The molecule has 1 saturated heterocycles. The number of carbonyl (C=O) groups excluding carboxylic acids is 1. The van der Waals surface area contributed by atoms with Gasteiger partial charge in [-0.15, -0.1) is 11.3 Å². The molecule has 1 aliphatic rings. The molecule has 5 heterocycles. The van der Waals surface area contributed by atoms with E-state index >= 15 is 0 Å². The van der Waals surface area contributed by atoms with E-state index in [4.69, 9.17) is 14.5 Å². The zero-order valence-corrected chi connectivity index (χ0v) is 21.8. The molecule has 0 spiro atoms. The number of anilines is 3. The van der Waals surface area contributed by atoms with E-state index in [1.54, 1.807) is 35.9 Å².